The Morgan fingerprint density at radius 3 is 2.56 bits per heavy atom. The van der Waals surface area contributed by atoms with Gasteiger partial charge < -0.3 is 9.64 Å². The number of hydrogen-bond acceptors (Lipinski definition) is 6. The number of nitrogens with zero attached hydrogens (tertiary/aromatic N) is 3. The highest BCUT2D eigenvalue weighted by Gasteiger charge is 2.57. The van der Waals surface area contributed by atoms with Crippen molar-refractivity contribution in [1.29, 1.82) is 0 Å². The highest BCUT2D eigenvalue weighted by Crippen LogP contribution is 2.53. The number of carbonyl (C=O) groups is 1. The maximum absolute atomic E-state index is 13.1. The molecule has 1 fully saturated rings. The molecular weight excluding hydrogens is 444 g/mol. The Morgan fingerprint density at radius 2 is 1.79 bits per heavy atom. The van der Waals surface area contributed by atoms with Gasteiger partial charge in [-0.05, 0) is 47.2 Å². The van der Waals surface area contributed by atoms with E-state index in [9.17, 15) is 4.79 Å². The molecule has 3 heterocycles. The highest BCUT2D eigenvalue weighted by molar-refractivity contribution is 8.05. The van der Waals surface area contributed by atoms with E-state index in [-0.39, 0.29) is 11.9 Å². The number of hydrazone groups is 1. The second kappa shape index (κ2) is 7.95. The van der Waals surface area contributed by atoms with Crippen molar-refractivity contribution >= 4 is 35.1 Å². The minimum atomic E-state index is -1.12. The predicted molar refractivity (Wildman–Crippen MR) is 136 cm³/mol. The van der Waals surface area contributed by atoms with Crippen LogP contribution < -0.4 is 15.0 Å². The summed E-state index contributed by atoms with van der Waals surface area (Å²) in [6, 6.07) is 26.3. The molecule has 1 N–H and O–H groups in total. The molecule has 6 rings (SSSR count). The summed E-state index contributed by atoms with van der Waals surface area (Å²) in [5.41, 5.74) is 5.21. The molecule has 3 aliphatic rings. The largest absolute Gasteiger partial charge is 0.439 e. The number of fused-ring (bicyclic) bond motifs is 4. The number of ether oxygens (including phenoxy) is 1. The lowest BCUT2D eigenvalue weighted by molar-refractivity contribution is -0.127. The topological polar surface area (TPSA) is 57.2 Å². The van der Waals surface area contributed by atoms with Crippen LogP contribution in [-0.2, 0) is 4.79 Å². The van der Waals surface area contributed by atoms with Crippen molar-refractivity contribution in [2.24, 2.45) is 5.10 Å². The van der Waals surface area contributed by atoms with Crippen molar-refractivity contribution in [3.05, 3.63) is 100 Å². The van der Waals surface area contributed by atoms with Crippen LogP contribution in [-0.4, -0.2) is 35.9 Å². The Kier molecular flexibility index (Phi) is 4.88. The monoisotopic (exact) mass is 468 g/mol. The van der Waals surface area contributed by atoms with Crippen molar-refractivity contribution in [2.45, 2.75) is 17.6 Å². The van der Waals surface area contributed by atoms with Crippen LogP contribution in [0.25, 0.3) is 6.08 Å². The maximum Gasteiger partial charge on any atom is 0.336 e. The standard InChI is InChI=1S/C27H24N4O2S/c1-30(2)20-14-12-18(13-15-20)16-25-26(32)28-27(34-25)31-23(21-10-6-7-11-24(21)33-27)17-22(29-31)19-8-4-3-5-9-19/h3-16,23H,17H2,1-2H3,(H,28,32)/b25-16-. The summed E-state index contributed by atoms with van der Waals surface area (Å²) in [5.74, 6) is 0.612. The molecular formula is C27H24N4O2S. The van der Waals surface area contributed by atoms with Crippen molar-refractivity contribution < 1.29 is 9.53 Å². The fraction of sp³-hybridized carbons (Fsp3) is 0.185. The quantitative estimate of drug-likeness (QED) is 0.559. The van der Waals surface area contributed by atoms with E-state index in [4.69, 9.17) is 9.84 Å². The van der Waals surface area contributed by atoms with Gasteiger partial charge >= 0.3 is 5.18 Å². The molecule has 0 bridgehead atoms. The minimum absolute atomic E-state index is 0.0216. The van der Waals surface area contributed by atoms with E-state index in [1.54, 1.807) is 0 Å². The molecule has 3 aromatic carbocycles. The first kappa shape index (κ1) is 20.9. The summed E-state index contributed by atoms with van der Waals surface area (Å²) in [4.78, 5) is 15.8. The Bertz CT molecular complexity index is 1320. The molecule has 7 heteroatoms. The third-order valence-corrected chi connectivity index (χ3v) is 7.47. The molecule has 3 aliphatic heterocycles. The molecule has 0 aromatic heterocycles. The van der Waals surface area contributed by atoms with Crippen LogP contribution in [0.2, 0.25) is 0 Å². The number of para-hydroxylation sites is 1. The lowest BCUT2D eigenvalue weighted by Crippen LogP contribution is -2.58. The summed E-state index contributed by atoms with van der Waals surface area (Å²) < 4.78 is 6.47. The number of rotatable bonds is 3. The number of nitrogens with one attached hydrogen (secondary N) is 1. The van der Waals surface area contributed by atoms with E-state index >= 15 is 0 Å². The van der Waals surface area contributed by atoms with Gasteiger partial charge in [-0.2, -0.15) is 5.10 Å². The second-order valence-corrected chi connectivity index (χ2v) is 9.95. The molecule has 1 spiro atoms. The molecule has 1 saturated heterocycles. The van der Waals surface area contributed by atoms with Crippen LogP contribution in [0.4, 0.5) is 5.69 Å². The van der Waals surface area contributed by atoms with Gasteiger partial charge in [-0.15, -0.1) is 0 Å². The Hall–Kier alpha value is -3.71. The fourth-order valence-corrected chi connectivity index (χ4v) is 5.74. The van der Waals surface area contributed by atoms with Gasteiger partial charge in [0.25, 0.3) is 5.91 Å². The first-order valence-electron chi connectivity index (χ1n) is 11.2. The third kappa shape index (κ3) is 3.44. The minimum Gasteiger partial charge on any atom is -0.439 e. The van der Waals surface area contributed by atoms with E-state index in [0.29, 0.717) is 4.91 Å². The number of hydrogen-bond donors (Lipinski definition) is 1. The van der Waals surface area contributed by atoms with Crippen molar-refractivity contribution in [1.82, 2.24) is 10.3 Å². The van der Waals surface area contributed by atoms with Gasteiger partial charge in [0.05, 0.1) is 16.7 Å². The summed E-state index contributed by atoms with van der Waals surface area (Å²) in [6.07, 6.45) is 2.65. The average Bonchev–Trinajstić information content (AvgIpc) is 3.43. The van der Waals surface area contributed by atoms with Crippen molar-refractivity contribution in [2.75, 3.05) is 19.0 Å². The average molecular weight is 469 g/mol. The molecule has 170 valence electrons. The van der Waals surface area contributed by atoms with E-state index in [2.05, 4.69) is 23.5 Å². The molecule has 2 unspecified atom stereocenters. The summed E-state index contributed by atoms with van der Waals surface area (Å²) in [7, 11) is 4.01. The van der Waals surface area contributed by atoms with Gasteiger partial charge in [-0.25, -0.2) is 5.01 Å². The van der Waals surface area contributed by atoms with Gasteiger partial charge in [-0.3, -0.25) is 10.1 Å². The van der Waals surface area contributed by atoms with Gasteiger partial charge in [0, 0.05) is 31.8 Å². The van der Waals surface area contributed by atoms with Crippen LogP contribution in [0.15, 0.2) is 88.9 Å². The summed E-state index contributed by atoms with van der Waals surface area (Å²) >= 11 is 1.37. The van der Waals surface area contributed by atoms with E-state index in [1.165, 1.54) is 11.8 Å². The molecule has 3 aromatic rings. The van der Waals surface area contributed by atoms with Gasteiger partial charge in [-0.1, -0.05) is 60.7 Å². The highest BCUT2D eigenvalue weighted by atomic mass is 32.2. The molecule has 34 heavy (non-hydrogen) atoms. The van der Waals surface area contributed by atoms with Crippen LogP contribution in [0.3, 0.4) is 0 Å². The molecule has 2 atom stereocenters. The summed E-state index contributed by atoms with van der Waals surface area (Å²) in [5, 5.41) is 8.88. The van der Waals surface area contributed by atoms with Gasteiger partial charge in [0.15, 0.2) is 0 Å². The van der Waals surface area contributed by atoms with Crippen LogP contribution in [0, 0.1) is 0 Å². The van der Waals surface area contributed by atoms with Gasteiger partial charge in [0.2, 0.25) is 0 Å². The van der Waals surface area contributed by atoms with Crippen LogP contribution >= 0.6 is 11.8 Å². The zero-order chi connectivity index (χ0) is 23.3. The SMILES string of the molecule is CN(C)c1ccc(/C=C2\SC3(NC2=O)Oc2ccccc2C2CC(c4ccccc4)=NN23)cc1. The normalized spacial score (nSPS) is 23.9. The smallest absolute Gasteiger partial charge is 0.336 e. The van der Waals surface area contributed by atoms with E-state index in [1.807, 2.05) is 90.7 Å². The second-order valence-electron chi connectivity index (χ2n) is 8.75. The number of carbonyl (C=O) groups excluding carboxylic acids is 1. The fourth-order valence-electron chi connectivity index (χ4n) is 4.56. The Labute approximate surface area is 202 Å². The van der Waals surface area contributed by atoms with Crippen molar-refractivity contribution in [3.63, 3.8) is 0 Å². The number of thioether (sulfide) groups is 1. The zero-order valence-electron chi connectivity index (χ0n) is 18.9. The van der Waals surface area contributed by atoms with E-state index in [0.717, 1.165) is 40.3 Å². The first-order valence-corrected chi connectivity index (χ1v) is 12.0. The number of amides is 1. The zero-order valence-corrected chi connectivity index (χ0v) is 19.8. The molecule has 0 saturated carbocycles. The lowest BCUT2D eigenvalue weighted by atomic mass is 9.97. The van der Waals surface area contributed by atoms with Crippen molar-refractivity contribution in [3.8, 4) is 5.75 Å². The maximum atomic E-state index is 13.1. The van der Waals surface area contributed by atoms with Crippen LogP contribution in [0.5, 0.6) is 5.75 Å². The lowest BCUT2D eigenvalue weighted by Gasteiger charge is -2.43. The molecule has 6 nitrogen and oxygen atoms in total. The molecule has 1 amide bonds. The Morgan fingerprint density at radius 1 is 1.06 bits per heavy atom. The number of anilines is 1. The van der Waals surface area contributed by atoms with Crippen LogP contribution in [0.1, 0.15) is 29.2 Å². The first-order chi connectivity index (χ1) is 16.5. The molecule has 0 radical (unpaired) electrons. The predicted octanol–water partition coefficient (Wildman–Crippen LogP) is 4.81. The number of benzene rings is 3. The molecule has 0 aliphatic carbocycles. The van der Waals surface area contributed by atoms with E-state index < -0.39 is 5.18 Å². The Balaban J connectivity index is 1.38. The third-order valence-electron chi connectivity index (χ3n) is 6.30. The summed E-state index contributed by atoms with van der Waals surface area (Å²) in [6.45, 7) is 0. The van der Waals surface area contributed by atoms with Gasteiger partial charge in [0.1, 0.15) is 5.75 Å².